The number of hydrogen-bond donors (Lipinski definition) is 0. The molecular weight excluding hydrogens is 256 g/mol. The molecule has 0 saturated carbocycles. The van der Waals surface area contributed by atoms with Crippen molar-refractivity contribution in [2.24, 2.45) is 0 Å². The summed E-state index contributed by atoms with van der Waals surface area (Å²) >= 11 is 0. The normalized spacial score (nSPS) is 9.60. The number of rotatable bonds is 4. The van der Waals surface area contributed by atoms with E-state index in [0.717, 1.165) is 6.08 Å². The van der Waals surface area contributed by atoms with Gasteiger partial charge in [-0.15, -0.1) is 0 Å². The lowest BCUT2D eigenvalue weighted by atomic mass is 10.2. The van der Waals surface area contributed by atoms with Crippen LogP contribution in [0.2, 0.25) is 0 Å². The molecule has 2 aromatic rings. The van der Waals surface area contributed by atoms with Crippen molar-refractivity contribution in [2.45, 2.75) is 0 Å². The minimum atomic E-state index is -0.551. The molecule has 2 aromatic carbocycles. The van der Waals surface area contributed by atoms with E-state index in [-0.39, 0.29) is 0 Å². The van der Waals surface area contributed by atoms with Gasteiger partial charge in [-0.2, -0.15) is 0 Å². The van der Waals surface area contributed by atoms with Crippen LogP contribution in [0.4, 0.5) is 0 Å². The smallest absolute Gasteiger partial charge is 0.343 e. The third-order valence-electron chi connectivity index (χ3n) is 2.43. The fraction of sp³-hybridized carbons (Fsp3) is 0. The molecule has 0 aliphatic heterocycles. The van der Waals surface area contributed by atoms with Gasteiger partial charge in [0.1, 0.15) is 11.5 Å². The number of hydrogen-bond acceptors (Lipinski definition) is 4. The van der Waals surface area contributed by atoms with E-state index in [1.54, 1.807) is 24.3 Å². The molecule has 0 spiro atoms. The molecule has 0 N–H and O–H groups in total. The Bertz CT molecular complexity index is 615. The van der Waals surface area contributed by atoms with Crippen LogP contribution in [0.5, 0.6) is 11.5 Å². The zero-order valence-corrected chi connectivity index (χ0v) is 10.6. The summed E-state index contributed by atoms with van der Waals surface area (Å²) in [5, 5.41) is 0. The summed E-state index contributed by atoms with van der Waals surface area (Å²) in [6, 6.07) is 14.9. The Morgan fingerprint density at radius 2 is 1.45 bits per heavy atom. The molecule has 0 atom stereocenters. The van der Waals surface area contributed by atoms with Crippen molar-refractivity contribution >= 4 is 11.9 Å². The summed E-state index contributed by atoms with van der Waals surface area (Å²) < 4.78 is 10.1. The number of carbonyl (C=O) groups is 2. The molecule has 0 aliphatic rings. The SMILES string of the molecule is C=CC(=O)Oc1ccc(C(=O)Oc2ccccc2)cc1. The van der Waals surface area contributed by atoms with Crippen molar-refractivity contribution in [3.63, 3.8) is 0 Å². The van der Waals surface area contributed by atoms with Crippen LogP contribution >= 0.6 is 0 Å². The standard InChI is InChI=1S/C16H12O4/c1-2-15(17)19-14-10-8-12(9-11-14)16(18)20-13-6-4-3-5-7-13/h2-11H,1H2. The summed E-state index contributed by atoms with van der Waals surface area (Å²) in [7, 11) is 0. The van der Waals surface area contributed by atoms with E-state index in [4.69, 9.17) is 9.47 Å². The van der Waals surface area contributed by atoms with Crippen molar-refractivity contribution < 1.29 is 19.1 Å². The molecule has 0 unspecified atom stereocenters. The summed E-state index contributed by atoms with van der Waals surface area (Å²) in [6.45, 7) is 3.30. The van der Waals surface area contributed by atoms with Gasteiger partial charge in [0.15, 0.2) is 0 Å². The van der Waals surface area contributed by atoms with Gasteiger partial charge in [-0.25, -0.2) is 9.59 Å². The van der Waals surface area contributed by atoms with Crippen LogP contribution in [0.1, 0.15) is 10.4 Å². The molecule has 0 fully saturated rings. The van der Waals surface area contributed by atoms with E-state index in [1.807, 2.05) is 6.07 Å². The highest BCUT2D eigenvalue weighted by atomic mass is 16.5. The van der Waals surface area contributed by atoms with E-state index in [9.17, 15) is 9.59 Å². The lowest BCUT2D eigenvalue weighted by Crippen LogP contribution is -2.08. The summed E-state index contributed by atoms with van der Waals surface area (Å²) in [5.74, 6) is -0.215. The Hall–Kier alpha value is -2.88. The second-order valence-electron chi connectivity index (χ2n) is 3.85. The molecule has 0 aromatic heterocycles. The van der Waals surface area contributed by atoms with Crippen LogP contribution in [-0.4, -0.2) is 11.9 Å². The maximum Gasteiger partial charge on any atom is 0.343 e. The summed E-state index contributed by atoms with van der Waals surface area (Å²) in [5.41, 5.74) is 0.368. The van der Waals surface area contributed by atoms with E-state index in [1.165, 1.54) is 24.3 Å². The van der Waals surface area contributed by atoms with Gasteiger partial charge in [0.05, 0.1) is 5.56 Å². The molecule has 0 radical (unpaired) electrons. The molecule has 0 bridgehead atoms. The Balaban J connectivity index is 2.04. The minimum absolute atomic E-state index is 0.339. The molecule has 0 amide bonds. The van der Waals surface area contributed by atoms with E-state index >= 15 is 0 Å². The third kappa shape index (κ3) is 3.55. The fourth-order valence-electron chi connectivity index (χ4n) is 1.47. The lowest BCUT2D eigenvalue weighted by Gasteiger charge is -2.05. The highest BCUT2D eigenvalue weighted by Crippen LogP contribution is 2.15. The van der Waals surface area contributed by atoms with Crippen LogP contribution in [0, 0.1) is 0 Å². The van der Waals surface area contributed by atoms with Crippen molar-refractivity contribution in [3.8, 4) is 11.5 Å². The Morgan fingerprint density at radius 1 is 0.850 bits per heavy atom. The number of esters is 2. The number of para-hydroxylation sites is 1. The molecule has 4 nitrogen and oxygen atoms in total. The first-order chi connectivity index (χ1) is 9.69. The molecule has 0 aliphatic carbocycles. The van der Waals surface area contributed by atoms with Gasteiger partial charge >= 0.3 is 11.9 Å². The first kappa shape index (κ1) is 13.5. The van der Waals surface area contributed by atoms with Gasteiger partial charge in [-0.05, 0) is 36.4 Å². The Morgan fingerprint density at radius 3 is 2.05 bits per heavy atom. The van der Waals surface area contributed by atoms with Crippen LogP contribution in [0.3, 0.4) is 0 Å². The molecule has 4 heteroatoms. The lowest BCUT2D eigenvalue weighted by molar-refractivity contribution is -0.128. The predicted molar refractivity (Wildman–Crippen MR) is 73.7 cm³/mol. The van der Waals surface area contributed by atoms with Crippen molar-refractivity contribution in [1.29, 1.82) is 0 Å². The van der Waals surface area contributed by atoms with Crippen molar-refractivity contribution in [3.05, 3.63) is 72.8 Å². The van der Waals surface area contributed by atoms with Crippen LogP contribution in [0.25, 0.3) is 0 Å². The molecule has 0 saturated heterocycles. The predicted octanol–water partition coefficient (Wildman–Crippen LogP) is 3.00. The highest BCUT2D eigenvalue weighted by Gasteiger charge is 2.09. The van der Waals surface area contributed by atoms with Gasteiger partial charge in [0.25, 0.3) is 0 Å². The maximum absolute atomic E-state index is 11.9. The third-order valence-corrected chi connectivity index (χ3v) is 2.43. The second kappa shape index (κ2) is 6.33. The Labute approximate surface area is 116 Å². The second-order valence-corrected chi connectivity index (χ2v) is 3.85. The van der Waals surface area contributed by atoms with Crippen LogP contribution < -0.4 is 9.47 Å². The van der Waals surface area contributed by atoms with Gasteiger partial charge in [0, 0.05) is 6.08 Å². The zero-order chi connectivity index (χ0) is 14.4. The number of ether oxygens (including phenoxy) is 2. The zero-order valence-electron chi connectivity index (χ0n) is 10.6. The van der Waals surface area contributed by atoms with E-state index in [0.29, 0.717) is 17.1 Å². The number of benzene rings is 2. The van der Waals surface area contributed by atoms with Crippen molar-refractivity contribution in [1.82, 2.24) is 0 Å². The average molecular weight is 268 g/mol. The molecule has 2 rings (SSSR count). The van der Waals surface area contributed by atoms with Crippen LogP contribution in [-0.2, 0) is 4.79 Å². The molecule has 0 heterocycles. The largest absolute Gasteiger partial charge is 0.423 e. The van der Waals surface area contributed by atoms with Gasteiger partial charge in [0.2, 0.25) is 0 Å². The Kier molecular flexibility index (Phi) is 4.29. The van der Waals surface area contributed by atoms with E-state index in [2.05, 4.69) is 6.58 Å². The van der Waals surface area contributed by atoms with Gasteiger partial charge in [-0.1, -0.05) is 24.8 Å². The monoisotopic (exact) mass is 268 g/mol. The average Bonchev–Trinajstić information content (AvgIpc) is 2.49. The fourth-order valence-corrected chi connectivity index (χ4v) is 1.47. The van der Waals surface area contributed by atoms with Crippen LogP contribution in [0.15, 0.2) is 67.3 Å². The quantitative estimate of drug-likeness (QED) is 0.486. The van der Waals surface area contributed by atoms with Crippen molar-refractivity contribution in [2.75, 3.05) is 0 Å². The highest BCUT2D eigenvalue weighted by molar-refractivity contribution is 5.91. The first-order valence-electron chi connectivity index (χ1n) is 5.90. The summed E-state index contributed by atoms with van der Waals surface area (Å²) in [6.07, 6.45) is 1.07. The molecular formula is C16H12O4. The number of carbonyl (C=O) groups excluding carboxylic acids is 2. The topological polar surface area (TPSA) is 52.6 Å². The molecule has 100 valence electrons. The summed E-state index contributed by atoms with van der Waals surface area (Å²) in [4.78, 5) is 22.9. The van der Waals surface area contributed by atoms with Gasteiger partial charge in [-0.3, -0.25) is 0 Å². The minimum Gasteiger partial charge on any atom is -0.423 e. The van der Waals surface area contributed by atoms with Gasteiger partial charge < -0.3 is 9.47 Å². The van der Waals surface area contributed by atoms with E-state index < -0.39 is 11.9 Å². The maximum atomic E-state index is 11.9. The first-order valence-corrected chi connectivity index (χ1v) is 5.90. The molecule has 20 heavy (non-hydrogen) atoms.